The van der Waals surface area contributed by atoms with E-state index in [0.717, 1.165) is 32.2 Å². The average Bonchev–Trinajstić information content (AvgIpc) is 2.63. The van der Waals surface area contributed by atoms with Gasteiger partial charge in [-0.25, -0.2) is 4.79 Å². The van der Waals surface area contributed by atoms with Gasteiger partial charge in [-0.3, -0.25) is 14.3 Å². The number of rotatable bonds is 10. The van der Waals surface area contributed by atoms with Gasteiger partial charge in [-0.1, -0.05) is 57.5 Å². The number of aromatic nitrogens is 2. The van der Waals surface area contributed by atoms with Crippen molar-refractivity contribution in [2.24, 2.45) is 5.92 Å². The Kier molecular flexibility index (Phi) is 7.70. The van der Waals surface area contributed by atoms with Crippen LogP contribution in [0.4, 0.5) is 11.5 Å². The number of aromatic amines is 1. The minimum absolute atomic E-state index is 0.272. The Bertz CT molecular complexity index is 824. The van der Waals surface area contributed by atoms with Crippen molar-refractivity contribution in [1.29, 1.82) is 0 Å². The standard InChI is InChI=1S/C21H32N4O2/c1-4-5-13-25-19(22)18(20(26)23-21(25)27)24(14-11-16(2)3)15-12-17-9-7-6-8-10-17/h6-10,16H,4-5,11-15,22H2,1-3H3,(H,23,26,27). The lowest BCUT2D eigenvalue weighted by atomic mass is 10.1. The van der Waals surface area contributed by atoms with Gasteiger partial charge in [0.1, 0.15) is 11.5 Å². The summed E-state index contributed by atoms with van der Waals surface area (Å²) in [4.78, 5) is 29.3. The van der Waals surface area contributed by atoms with Gasteiger partial charge in [-0.2, -0.15) is 0 Å². The number of anilines is 2. The topological polar surface area (TPSA) is 84.1 Å². The quantitative estimate of drug-likeness (QED) is 0.671. The van der Waals surface area contributed by atoms with E-state index in [4.69, 9.17) is 5.73 Å². The molecule has 148 valence electrons. The molecule has 6 nitrogen and oxygen atoms in total. The van der Waals surface area contributed by atoms with Gasteiger partial charge in [0.2, 0.25) is 0 Å². The molecule has 6 heteroatoms. The highest BCUT2D eigenvalue weighted by Crippen LogP contribution is 2.19. The predicted molar refractivity (Wildman–Crippen MR) is 112 cm³/mol. The van der Waals surface area contributed by atoms with Crippen LogP contribution in [0.3, 0.4) is 0 Å². The molecule has 0 radical (unpaired) electrons. The fraction of sp³-hybridized carbons (Fsp3) is 0.524. The first-order valence-corrected chi connectivity index (χ1v) is 9.85. The van der Waals surface area contributed by atoms with Crippen molar-refractivity contribution in [3.63, 3.8) is 0 Å². The lowest BCUT2D eigenvalue weighted by Gasteiger charge is -2.27. The molecule has 0 aliphatic rings. The van der Waals surface area contributed by atoms with Crippen molar-refractivity contribution in [2.75, 3.05) is 23.7 Å². The van der Waals surface area contributed by atoms with Crippen molar-refractivity contribution in [2.45, 2.75) is 53.0 Å². The van der Waals surface area contributed by atoms with Gasteiger partial charge >= 0.3 is 5.69 Å². The Morgan fingerprint density at radius 1 is 1.15 bits per heavy atom. The van der Waals surface area contributed by atoms with E-state index in [-0.39, 0.29) is 5.82 Å². The Labute approximate surface area is 161 Å². The van der Waals surface area contributed by atoms with Crippen molar-refractivity contribution < 1.29 is 0 Å². The summed E-state index contributed by atoms with van der Waals surface area (Å²) >= 11 is 0. The molecule has 0 bridgehead atoms. The van der Waals surface area contributed by atoms with Crippen LogP contribution >= 0.6 is 0 Å². The second-order valence-electron chi connectivity index (χ2n) is 7.40. The number of unbranched alkanes of at least 4 members (excludes halogenated alkanes) is 1. The largest absolute Gasteiger partial charge is 0.383 e. The van der Waals surface area contributed by atoms with Crippen molar-refractivity contribution >= 4 is 11.5 Å². The predicted octanol–water partition coefficient (Wildman–Crippen LogP) is 3.01. The summed E-state index contributed by atoms with van der Waals surface area (Å²) in [5.41, 5.74) is 7.10. The highest BCUT2D eigenvalue weighted by Gasteiger charge is 2.19. The Hall–Kier alpha value is -2.50. The fourth-order valence-corrected chi connectivity index (χ4v) is 3.08. The van der Waals surface area contributed by atoms with Gasteiger partial charge in [-0.05, 0) is 30.7 Å². The summed E-state index contributed by atoms with van der Waals surface area (Å²) in [6.45, 7) is 8.29. The average molecular weight is 373 g/mol. The zero-order valence-electron chi connectivity index (χ0n) is 16.7. The maximum Gasteiger partial charge on any atom is 0.330 e. The normalized spacial score (nSPS) is 11.1. The lowest BCUT2D eigenvalue weighted by Crippen LogP contribution is -2.40. The SMILES string of the molecule is CCCCn1c(N)c(N(CCc2ccccc2)CCC(C)C)c(=O)[nH]c1=O. The highest BCUT2D eigenvalue weighted by atomic mass is 16.2. The number of benzene rings is 1. The first-order chi connectivity index (χ1) is 12.9. The third kappa shape index (κ3) is 5.74. The summed E-state index contributed by atoms with van der Waals surface area (Å²) in [5, 5.41) is 0. The van der Waals surface area contributed by atoms with Crippen LogP contribution in [0.2, 0.25) is 0 Å². The van der Waals surface area contributed by atoms with Crippen LogP contribution in [0, 0.1) is 5.92 Å². The van der Waals surface area contributed by atoms with E-state index in [0.29, 0.717) is 24.7 Å². The molecule has 0 spiro atoms. The zero-order chi connectivity index (χ0) is 19.8. The first kappa shape index (κ1) is 20.8. The van der Waals surface area contributed by atoms with E-state index in [1.54, 1.807) is 0 Å². The number of hydrogen-bond acceptors (Lipinski definition) is 4. The first-order valence-electron chi connectivity index (χ1n) is 9.85. The van der Waals surface area contributed by atoms with E-state index < -0.39 is 11.2 Å². The third-order valence-corrected chi connectivity index (χ3v) is 4.76. The second kappa shape index (κ2) is 10.00. The summed E-state index contributed by atoms with van der Waals surface area (Å²) in [7, 11) is 0. The second-order valence-corrected chi connectivity index (χ2v) is 7.40. The maximum absolute atomic E-state index is 12.6. The number of nitrogens with two attached hydrogens (primary N) is 1. The molecule has 27 heavy (non-hydrogen) atoms. The minimum Gasteiger partial charge on any atom is -0.383 e. The van der Waals surface area contributed by atoms with Crippen LogP contribution < -0.4 is 21.9 Å². The van der Waals surface area contributed by atoms with Crippen molar-refractivity contribution in [1.82, 2.24) is 9.55 Å². The van der Waals surface area contributed by atoms with Crippen LogP contribution in [0.1, 0.15) is 45.6 Å². The molecule has 1 heterocycles. The van der Waals surface area contributed by atoms with E-state index in [2.05, 4.69) is 37.9 Å². The molecular formula is C21H32N4O2. The van der Waals surface area contributed by atoms with Gasteiger partial charge < -0.3 is 10.6 Å². The minimum atomic E-state index is -0.429. The van der Waals surface area contributed by atoms with Gasteiger partial charge in [0.05, 0.1) is 0 Å². The number of H-pyrrole nitrogens is 1. The maximum atomic E-state index is 12.6. The Balaban J connectivity index is 2.35. The molecule has 0 saturated carbocycles. The molecule has 0 aliphatic heterocycles. The van der Waals surface area contributed by atoms with E-state index in [9.17, 15) is 9.59 Å². The number of nitrogens with one attached hydrogen (secondary N) is 1. The van der Waals surface area contributed by atoms with E-state index >= 15 is 0 Å². The van der Waals surface area contributed by atoms with Gasteiger partial charge in [0.25, 0.3) is 5.56 Å². The van der Waals surface area contributed by atoms with E-state index in [1.165, 1.54) is 10.1 Å². The Morgan fingerprint density at radius 2 is 1.85 bits per heavy atom. The van der Waals surface area contributed by atoms with Crippen molar-refractivity contribution in [3.8, 4) is 0 Å². The highest BCUT2D eigenvalue weighted by molar-refractivity contribution is 5.62. The lowest BCUT2D eigenvalue weighted by molar-refractivity contribution is 0.566. The zero-order valence-corrected chi connectivity index (χ0v) is 16.7. The van der Waals surface area contributed by atoms with Crippen LogP contribution in [0.15, 0.2) is 39.9 Å². The van der Waals surface area contributed by atoms with E-state index in [1.807, 2.05) is 23.1 Å². The molecule has 0 atom stereocenters. The molecule has 0 fully saturated rings. The van der Waals surface area contributed by atoms with Crippen LogP contribution in [-0.2, 0) is 13.0 Å². The monoisotopic (exact) mass is 372 g/mol. The summed E-state index contributed by atoms with van der Waals surface area (Å²) < 4.78 is 1.49. The molecule has 0 unspecified atom stereocenters. The fourth-order valence-electron chi connectivity index (χ4n) is 3.08. The number of nitrogen functional groups attached to an aromatic ring is 1. The number of hydrogen-bond donors (Lipinski definition) is 2. The molecule has 2 aromatic rings. The van der Waals surface area contributed by atoms with Gasteiger partial charge in [-0.15, -0.1) is 0 Å². The smallest absolute Gasteiger partial charge is 0.330 e. The number of nitrogens with zero attached hydrogens (tertiary/aromatic N) is 2. The summed E-state index contributed by atoms with van der Waals surface area (Å²) in [6, 6.07) is 10.2. The van der Waals surface area contributed by atoms with Gasteiger partial charge in [0, 0.05) is 19.6 Å². The molecule has 0 saturated heterocycles. The molecular weight excluding hydrogens is 340 g/mol. The molecule has 0 aliphatic carbocycles. The summed E-state index contributed by atoms with van der Waals surface area (Å²) in [5.74, 6) is 0.782. The van der Waals surface area contributed by atoms with Gasteiger partial charge in [0.15, 0.2) is 0 Å². The van der Waals surface area contributed by atoms with Crippen LogP contribution in [-0.4, -0.2) is 22.6 Å². The Morgan fingerprint density at radius 3 is 2.48 bits per heavy atom. The van der Waals surface area contributed by atoms with Crippen molar-refractivity contribution in [3.05, 3.63) is 56.7 Å². The molecule has 1 aromatic carbocycles. The molecule has 0 amide bonds. The molecule has 1 aromatic heterocycles. The third-order valence-electron chi connectivity index (χ3n) is 4.76. The molecule has 2 rings (SSSR count). The van der Waals surface area contributed by atoms with Crippen LogP contribution in [0.25, 0.3) is 0 Å². The van der Waals surface area contributed by atoms with Crippen LogP contribution in [0.5, 0.6) is 0 Å². The molecule has 3 N–H and O–H groups in total. The summed E-state index contributed by atoms with van der Waals surface area (Å²) in [6.07, 6.45) is 3.55.